The molecule has 4 nitrogen and oxygen atoms in total. The molecule has 0 spiro atoms. The van der Waals surface area contributed by atoms with E-state index in [4.69, 9.17) is 9.84 Å². The maximum absolute atomic E-state index is 11.4. The molecular weight excluding hydrogens is 220 g/mol. The van der Waals surface area contributed by atoms with Crippen molar-refractivity contribution in [1.29, 1.82) is 0 Å². The number of carbonyl (C=O) groups excluding carboxylic acids is 1. The molecule has 0 radical (unpaired) electrons. The van der Waals surface area contributed by atoms with Crippen molar-refractivity contribution in [2.24, 2.45) is 0 Å². The third kappa shape index (κ3) is 4.97. The SMILES string of the molecule is Cc1ccccc1OC(=O)C=CCCC(=O)O. The van der Waals surface area contributed by atoms with Crippen molar-refractivity contribution >= 4 is 11.9 Å². The Hall–Kier alpha value is -2.10. The molecule has 0 saturated carbocycles. The first-order valence-electron chi connectivity index (χ1n) is 5.25. The molecule has 90 valence electrons. The minimum atomic E-state index is -0.887. The largest absolute Gasteiger partial charge is 0.481 e. The molecule has 1 rings (SSSR count). The van der Waals surface area contributed by atoms with Crippen molar-refractivity contribution < 1.29 is 19.4 Å². The van der Waals surface area contributed by atoms with Crippen molar-refractivity contribution in [3.63, 3.8) is 0 Å². The summed E-state index contributed by atoms with van der Waals surface area (Å²) in [6, 6.07) is 7.19. The summed E-state index contributed by atoms with van der Waals surface area (Å²) in [7, 11) is 0. The number of aryl methyl sites for hydroxylation is 1. The highest BCUT2D eigenvalue weighted by molar-refractivity contribution is 5.84. The first kappa shape index (κ1) is 13.0. The van der Waals surface area contributed by atoms with Crippen molar-refractivity contribution in [2.75, 3.05) is 0 Å². The van der Waals surface area contributed by atoms with Gasteiger partial charge in [-0.2, -0.15) is 0 Å². The number of esters is 1. The molecule has 0 fully saturated rings. The van der Waals surface area contributed by atoms with Crippen molar-refractivity contribution in [3.8, 4) is 5.75 Å². The standard InChI is InChI=1S/C13H14O4/c1-10-6-2-3-7-11(10)17-13(16)9-5-4-8-12(14)15/h2-3,5-7,9H,4,8H2,1H3,(H,14,15). The minimum absolute atomic E-state index is 0.00808. The van der Waals surface area contributed by atoms with Gasteiger partial charge in [-0.1, -0.05) is 24.3 Å². The second kappa shape index (κ2) is 6.48. The molecule has 1 N–H and O–H groups in total. The van der Waals surface area contributed by atoms with E-state index in [9.17, 15) is 9.59 Å². The van der Waals surface area contributed by atoms with Gasteiger partial charge in [0, 0.05) is 12.5 Å². The zero-order valence-corrected chi connectivity index (χ0v) is 9.55. The van der Waals surface area contributed by atoms with Gasteiger partial charge in [0.1, 0.15) is 5.75 Å². The summed E-state index contributed by atoms with van der Waals surface area (Å²) in [5.74, 6) is -0.869. The molecule has 4 heteroatoms. The number of hydrogen-bond donors (Lipinski definition) is 1. The Balaban J connectivity index is 2.45. The zero-order valence-electron chi connectivity index (χ0n) is 9.55. The summed E-state index contributed by atoms with van der Waals surface area (Å²) in [6.07, 6.45) is 3.07. The lowest BCUT2D eigenvalue weighted by Gasteiger charge is -2.03. The van der Waals surface area contributed by atoms with Crippen molar-refractivity contribution in [1.82, 2.24) is 0 Å². The van der Waals surface area contributed by atoms with E-state index in [0.717, 1.165) is 5.56 Å². The maximum atomic E-state index is 11.4. The average molecular weight is 234 g/mol. The molecule has 1 aromatic carbocycles. The van der Waals surface area contributed by atoms with Gasteiger partial charge in [0.25, 0.3) is 0 Å². The highest BCUT2D eigenvalue weighted by Gasteiger charge is 2.02. The molecule has 0 saturated heterocycles. The van der Waals surface area contributed by atoms with Crippen LogP contribution in [0.25, 0.3) is 0 Å². The van der Waals surface area contributed by atoms with Crippen LogP contribution in [0.4, 0.5) is 0 Å². The highest BCUT2D eigenvalue weighted by atomic mass is 16.5. The van der Waals surface area contributed by atoms with Gasteiger partial charge in [0.05, 0.1) is 0 Å². The first-order chi connectivity index (χ1) is 8.09. The molecule has 17 heavy (non-hydrogen) atoms. The fraction of sp³-hybridized carbons (Fsp3) is 0.231. The van der Waals surface area contributed by atoms with Crippen LogP contribution in [0.1, 0.15) is 18.4 Å². The van der Waals surface area contributed by atoms with Gasteiger partial charge in [0.15, 0.2) is 0 Å². The smallest absolute Gasteiger partial charge is 0.335 e. The number of aliphatic carboxylic acids is 1. The molecule has 0 aliphatic carbocycles. The van der Waals surface area contributed by atoms with Crippen molar-refractivity contribution in [2.45, 2.75) is 19.8 Å². The van der Waals surface area contributed by atoms with E-state index in [2.05, 4.69) is 0 Å². The number of carbonyl (C=O) groups is 2. The van der Waals surface area contributed by atoms with Gasteiger partial charge in [-0.15, -0.1) is 0 Å². The van der Waals surface area contributed by atoms with E-state index < -0.39 is 11.9 Å². The van der Waals surface area contributed by atoms with Gasteiger partial charge >= 0.3 is 11.9 Å². The molecule has 1 aromatic rings. The van der Waals surface area contributed by atoms with Gasteiger partial charge < -0.3 is 9.84 Å². The number of carboxylic acid groups (broad SMARTS) is 1. The molecule has 0 aliphatic heterocycles. The third-order valence-corrected chi connectivity index (χ3v) is 2.08. The quantitative estimate of drug-likeness (QED) is 0.482. The average Bonchev–Trinajstić information content (AvgIpc) is 2.27. The van der Waals surface area contributed by atoms with Crippen LogP contribution in [0, 0.1) is 6.92 Å². The monoisotopic (exact) mass is 234 g/mol. The van der Waals surface area contributed by atoms with E-state index in [-0.39, 0.29) is 6.42 Å². The number of benzene rings is 1. The Morgan fingerprint density at radius 1 is 1.35 bits per heavy atom. The van der Waals surface area contributed by atoms with Gasteiger partial charge in [-0.05, 0) is 25.0 Å². The highest BCUT2D eigenvalue weighted by Crippen LogP contribution is 2.16. The Morgan fingerprint density at radius 2 is 2.06 bits per heavy atom. The van der Waals surface area contributed by atoms with Crippen LogP contribution < -0.4 is 4.74 Å². The van der Waals surface area contributed by atoms with Gasteiger partial charge in [0.2, 0.25) is 0 Å². The number of ether oxygens (including phenoxy) is 1. The molecule has 0 unspecified atom stereocenters. The summed E-state index contributed by atoms with van der Waals surface area (Å²) >= 11 is 0. The predicted molar refractivity (Wildman–Crippen MR) is 62.8 cm³/mol. The van der Waals surface area contributed by atoms with Crippen LogP contribution in [0.5, 0.6) is 5.75 Å². The van der Waals surface area contributed by atoms with Gasteiger partial charge in [-0.25, -0.2) is 4.79 Å². The maximum Gasteiger partial charge on any atom is 0.335 e. The third-order valence-electron chi connectivity index (χ3n) is 2.08. The lowest BCUT2D eigenvalue weighted by atomic mass is 10.2. The summed E-state index contributed by atoms with van der Waals surface area (Å²) in [5, 5.41) is 8.40. The van der Waals surface area contributed by atoms with E-state index in [1.165, 1.54) is 12.2 Å². The Kier molecular flexibility index (Phi) is 4.94. The molecule has 0 amide bonds. The number of allylic oxidation sites excluding steroid dienone is 1. The topological polar surface area (TPSA) is 63.6 Å². The summed E-state index contributed by atoms with van der Waals surface area (Å²) in [6.45, 7) is 1.84. The predicted octanol–water partition coefficient (Wildman–Crippen LogP) is 2.32. The zero-order chi connectivity index (χ0) is 12.7. The molecule has 0 heterocycles. The second-order valence-electron chi connectivity index (χ2n) is 3.52. The Morgan fingerprint density at radius 3 is 2.71 bits per heavy atom. The number of carboxylic acids is 1. The lowest BCUT2D eigenvalue weighted by molar-refractivity contribution is -0.137. The fourth-order valence-electron chi connectivity index (χ4n) is 1.20. The van der Waals surface area contributed by atoms with Crippen LogP contribution in [-0.2, 0) is 9.59 Å². The lowest BCUT2D eigenvalue weighted by Crippen LogP contribution is -2.04. The van der Waals surface area contributed by atoms with Gasteiger partial charge in [-0.3, -0.25) is 4.79 Å². The number of rotatable bonds is 5. The summed E-state index contributed by atoms with van der Waals surface area (Å²) < 4.78 is 5.08. The molecule has 0 bridgehead atoms. The second-order valence-corrected chi connectivity index (χ2v) is 3.52. The van der Waals surface area contributed by atoms with Crippen LogP contribution in [0.3, 0.4) is 0 Å². The number of para-hydroxylation sites is 1. The normalized spacial score (nSPS) is 10.4. The first-order valence-corrected chi connectivity index (χ1v) is 5.25. The van der Waals surface area contributed by atoms with Crippen LogP contribution in [0.15, 0.2) is 36.4 Å². The Labute approximate surface area is 99.5 Å². The molecule has 0 aromatic heterocycles. The Bertz CT molecular complexity index is 435. The number of hydrogen-bond acceptors (Lipinski definition) is 3. The summed E-state index contributed by atoms with van der Waals surface area (Å²) in [4.78, 5) is 21.6. The van der Waals surface area contributed by atoms with Crippen LogP contribution >= 0.6 is 0 Å². The van der Waals surface area contributed by atoms with E-state index >= 15 is 0 Å². The van der Waals surface area contributed by atoms with Crippen molar-refractivity contribution in [3.05, 3.63) is 42.0 Å². The van der Waals surface area contributed by atoms with E-state index in [1.54, 1.807) is 12.1 Å². The molecular formula is C13H14O4. The fourth-order valence-corrected chi connectivity index (χ4v) is 1.20. The molecule has 0 atom stereocenters. The minimum Gasteiger partial charge on any atom is -0.481 e. The van der Waals surface area contributed by atoms with E-state index in [0.29, 0.717) is 12.2 Å². The summed E-state index contributed by atoms with van der Waals surface area (Å²) in [5.41, 5.74) is 0.875. The molecule has 0 aliphatic rings. The van der Waals surface area contributed by atoms with Crippen LogP contribution in [0.2, 0.25) is 0 Å². The van der Waals surface area contributed by atoms with Crippen LogP contribution in [-0.4, -0.2) is 17.0 Å². The van der Waals surface area contributed by atoms with E-state index in [1.807, 2.05) is 19.1 Å².